The molecule has 5 nitrogen and oxygen atoms in total. The fourth-order valence-electron chi connectivity index (χ4n) is 2.47. The molecule has 0 saturated heterocycles. The van der Waals surface area contributed by atoms with Gasteiger partial charge in [-0.1, -0.05) is 6.92 Å². The van der Waals surface area contributed by atoms with Crippen molar-refractivity contribution in [3.8, 4) is 5.75 Å². The van der Waals surface area contributed by atoms with Gasteiger partial charge in [-0.05, 0) is 30.7 Å². The third-order valence-corrected chi connectivity index (χ3v) is 3.52. The van der Waals surface area contributed by atoms with E-state index in [2.05, 4.69) is 5.10 Å². The molecule has 0 amide bonds. The molecular formula is C14H14F3N2O3-. The van der Waals surface area contributed by atoms with Crippen molar-refractivity contribution in [3.05, 3.63) is 24.3 Å². The Labute approximate surface area is 125 Å². The standard InChI is InChI=1S/C14H15F3N2O3/c1-3-10-11(13(20)21)19(18-12(10)14(15,16)17)8-4-6-9(22-2)7-5-8/h4-7,10-11H,3H2,1-2H3,(H,20,21)/p-1. The molecule has 1 heterocycles. The zero-order valence-corrected chi connectivity index (χ0v) is 11.9. The van der Waals surface area contributed by atoms with Gasteiger partial charge in [0.2, 0.25) is 0 Å². The average molecular weight is 315 g/mol. The highest BCUT2D eigenvalue weighted by Gasteiger charge is 2.50. The Morgan fingerprint density at radius 3 is 2.36 bits per heavy atom. The number of alkyl halides is 3. The lowest BCUT2D eigenvalue weighted by Crippen LogP contribution is -2.49. The molecule has 1 aromatic rings. The van der Waals surface area contributed by atoms with Crippen LogP contribution in [0, 0.1) is 5.92 Å². The van der Waals surface area contributed by atoms with Gasteiger partial charge in [0.25, 0.3) is 0 Å². The van der Waals surface area contributed by atoms with Crippen molar-refractivity contribution < 1.29 is 27.8 Å². The Hall–Kier alpha value is -2.25. The number of carboxylic acid groups (broad SMARTS) is 1. The van der Waals surface area contributed by atoms with Crippen LogP contribution in [0.25, 0.3) is 0 Å². The number of hydrogen-bond acceptors (Lipinski definition) is 5. The maximum Gasteiger partial charge on any atom is 0.431 e. The van der Waals surface area contributed by atoms with E-state index in [4.69, 9.17) is 4.74 Å². The fraction of sp³-hybridized carbons (Fsp3) is 0.429. The van der Waals surface area contributed by atoms with E-state index >= 15 is 0 Å². The monoisotopic (exact) mass is 315 g/mol. The molecule has 2 unspecified atom stereocenters. The van der Waals surface area contributed by atoms with Crippen molar-refractivity contribution in [2.45, 2.75) is 25.6 Å². The van der Waals surface area contributed by atoms with Gasteiger partial charge >= 0.3 is 6.18 Å². The average Bonchev–Trinajstić information content (AvgIpc) is 2.87. The lowest BCUT2D eigenvalue weighted by Gasteiger charge is -2.28. The number of ether oxygens (including phenoxy) is 1. The summed E-state index contributed by atoms with van der Waals surface area (Å²) in [4.78, 5) is 11.3. The van der Waals surface area contributed by atoms with E-state index in [9.17, 15) is 23.1 Å². The number of halogens is 3. The van der Waals surface area contributed by atoms with E-state index in [-0.39, 0.29) is 12.1 Å². The topological polar surface area (TPSA) is 65.0 Å². The molecule has 2 rings (SSSR count). The van der Waals surface area contributed by atoms with E-state index < -0.39 is 29.8 Å². The first-order chi connectivity index (χ1) is 10.3. The van der Waals surface area contributed by atoms with Gasteiger partial charge in [-0.25, -0.2) is 0 Å². The normalized spacial score (nSPS) is 21.7. The van der Waals surface area contributed by atoms with E-state index in [1.54, 1.807) is 0 Å². The molecule has 1 aliphatic rings. The number of aliphatic carboxylic acids is 1. The lowest BCUT2D eigenvalue weighted by molar-refractivity contribution is -0.308. The van der Waals surface area contributed by atoms with Crippen molar-refractivity contribution in [2.75, 3.05) is 12.1 Å². The summed E-state index contributed by atoms with van der Waals surface area (Å²) in [5, 5.41) is 15.7. The Morgan fingerprint density at radius 1 is 1.36 bits per heavy atom. The van der Waals surface area contributed by atoms with E-state index in [1.807, 2.05) is 0 Å². The van der Waals surface area contributed by atoms with E-state index in [0.29, 0.717) is 5.75 Å². The second kappa shape index (κ2) is 5.86. The van der Waals surface area contributed by atoms with Crippen LogP contribution in [0.2, 0.25) is 0 Å². The molecular weight excluding hydrogens is 301 g/mol. The first-order valence-corrected chi connectivity index (χ1v) is 6.59. The molecule has 0 spiro atoms. The van der Waals surface area contributed by atoms with Crippen LogP contribution < -0.4 is 14.9 Å². The number of hydrogen-bond donors (Lipinski definition) is 0. The summed E-state index contributed by atoms with van der Waals surface area (Å²) >= 11 is 0. The third kappa shape index (κ3) is 2.86. The number of anilines is 1. The van der Waals surface area contributed by atoms with Crippen LogP contribution in [0.3, 0.4) is 0 Å². The Balaban J connectivity index is 2.46. The summed E-state index contributed by atoms with van der Waals surface area (Å²) in [7, 11) is 1.45. The highest BCUT2D eigenvalue weighted by atomic mass is 19.4. The van der Waals surface area contributed by atoms with Crippen LogP contribution in [-0.2, 0) is 4.79 Å². The smallest absolute Gasteiger partial charge is 0.431 e. The molecule has 120 valence electrons. The molecule has 8 heteroatoms. The summed E-state index contributed by atoms with van der Waals surface area (Å²) in [5.41, 5.74) is -0.868. The zero-order chi connectivity index (χ0) is 16.5. The SMILES string of the molecule is CCC1C(C(F)(F)F)=NN(c2ccc(OC)cc2)C1C(=O)[O-]. The maximum atomic E-state index is 13.1. The Bertz CT molecular complexity index is 584. The second-order valence-electron chi connectivity index (χ2n) is 4.80. The van der Waals surface area contributed by atoms with Crippen LogP contribution in [0.5, 0.6) is 5.75 Å². The maximum absolute atomic E-state index is 13.1. The summed E-state index contributed by atoms with van der Waals surface area (Å²) < 4.78 is 44.1. The van der Waals surface area contributed by atoms with Gasteiger partial charge in [0.1, 0.15) is 17.5 Å². The highest BCUT2D eigenvalue weighted by molar-refractivity contribution is 6.00. The Kier molecular flexibility index (Phi) is 4.30. The molecule has 0 N–H and O–H groups in total. The molecule has 2 atom stereocenters. The van der Waals surface area contributed by atoms with Crippen LogP contribution in [0.1, 0.15) is 13.3 Å². The zero-order valence-electron chi connectivity index (χ0n) is 11.9. The number of carboxylic acids is 1. The predicted molar refractivity (Wildman–Crippen MR) is 71.5 cm³/mol. The fourth-order valence-corrected chi connectivity index (χ4v) is 2.47. The van der Waals surface area contributed by atoms with Gasteiger partial charge in [-0.2, -0.15) is 18.3 Å². The number of carbonyl (C=O) groups is 1. The van der Waals surface area contributed by atoms with Gasteiger partial charge in [0.15, 0.2) is 0 Å². The highest BCUT2D eigenvalue weighted by Crippen LogP contribution is 2.36. The lowest BCUT2D eigenvalue weighted by atomic mass is 9.92. The van der Waals surface area contributed by atoms with Crippen molar-refractivity contribution in [3.63, 3.8) is 0 Å². The van der Waals surface area contributed by atoms with E-state index in [0.717, 1.165) is 5.01 Å². The van der Waals surface area contributed by atoms with Crippen LogP contribution in [0.4, 0.5) is 18.9 Å². The number of hydrazone groups is 1. The molecule has 0 bridgehead atoms. The third-order valence-electron chi connectivity index (χ3n) is 3.52. The number of carbonyl (C=O) groups excluding carboxylic acids is 1. The molecule has 0 aliphatic carbocycles. The van der Waals surface area contributed by atoms with Gasteiger partial charge in [-0.3, -0.25) is 5.01 Å². The Morgan fingerprint density at radius 2 is 1.95 bits per heavy atom. The summed E-state index contributed by atoms with van der Waals surface area (Å²) in [6, 6.07) is 4.44. The number of nitrogens with zero attached hydrogens (tertiary/aromatic N) is 2. The minimum atomic E-state index is -4.68. The largest absolute Gasteiger partial charge is 0.548 e. The minimum absolute atomic E-state index is 0.0103. The predicted octanol–water partition coefficient (Wildman–Crippen LogP) is 1.58. The van der Waals surface area contributed by atoms with Gasteiger partial charge in [0.05, 0.1) is 18.8 Å². The molecule has 0 saturated carbocycles. The molecule has 1 aliphatic heterocycles. The molecule has 22 heavy (non-hydrogen) atoms. The molecule has 1 aromatic carbocycles. The molecule has 0 aromatic heterocycles. The van der Waals surface area contributed by atoms with Crippen LogP contribution in [-0.4, -0.2) is 31.0 Å². The van der Waals surface area contributed by atoms with Gasteiger partial charge < -0.3 is 14.6 Å². The van der Waals surface area contributed by atoms with Crippen molar-refractivity contribution in [2.24, 2.45) is 11.0 Å². The van der Waals surface area contributed by atoms with Crippen molar-refractivity contribution in [1.29, 1.82) is 0 Å². The van der Waals surface area contributed by atoms with Crippen LogP contribution >= 0.6 is 0 Å². The quantitative estimate of drug-likeness (QED) is 0.846. The first kappa shape index (κ1) is 16.1. The molecule has 0 fully saturated rings. The van der Waals surface area contributed by atoms with E-state index in [1.165, 1.54) is 38.3 Å². The molecule has 0 radical (unpaired) electrons. The first-order valence-electron chi connectivity index (χ1n) is 6.59. The van der Waals surface area contributed by atoms with Crippen molar-refractivity contribution in [1.82, 2.24) is 0 Å². The summed E-state index contributed by atoms with van der Waals surface area (Å²) in [5.74, 6) is -2.36. The van der Waals surface area contributed by atoms with Crippen LogP contribution in [0.15, 0.2) is 29.4 Å². The number of methoxy groups -OCH3 is 1. The van der Waals surface area contributed by atoms with Gasteiger partial charge in [0, 0.05) is 5.92 Å². The van der Waals surface area contributed by atoms with Crippen molar-refractivity contribution >= 4 is 17.4 Å². The number of benzene rings is 1. The summed E-state index contributed by atoms with van der Waals surface area (Å²) in [6.07, 6.45) is -4.70. The van der Waals surface area contributed by atoms with Gasteiger partial charge in [-0.15, -0.1) is 0 Å². The summed E-state index contributed by atoms with van der Waals surface area (Å²) in [6.45, 7) is 1.49. The minimum Gasteiger partial charge on any atom is -0.548 e. The second-order valence-corrected chi connectivity index (χ2v) is 4.80. The number of rotatable bonds is 4.